The lowest BCUT2D eigenvalue weighted by molar-refractivity contribution is 0.537. The maximum atomic E-state index is 6.39. The van der Waals surface area contributed by atoms with E-state index in [0.717, 1.165) is 10.9 Å². The van der Waals surface area contributed by atoms with Gasteiger partial charge in [0.2, 0.25) is 0 Å². The minimum absolute atomic E-state index is 0.0492. The molecule has 0 heterocycles. The molecule has 0 aliphatic rings. The highest BCUT2D eigenvalue weighted by atomic mass is 35.5. The van der Waals surface area contributed by atoms with E-state index in [1.165, 1.54) is 5.39 Å². The Morgan fingerprint density at radius 1 is 1.11 bits per heavy atom. The van der Waals surface area contributed by atoms with E-state index in [2.05, 4.69) is 37.0 Å². The quantitative estimate of drug-likeness (QED) is 0.550. The normalized spacial score (nSPS) is 14.1. The van der Waals surface area contributed by atoms with E-state index >= 15 is 0 Å². The second-order valence-corrected chi connectivity index (χ2v) is 5.58. The average Bonchev–Trinajstić information content (AvgIpc) is 2.43. The second-order valence-electron chi connectivity index (χ2n) is 4.91. The summed E-state index contributed by atoms with van der Waals surface area (Å²) in [5.41, 5.74) is 0.968. The van der Waals surface area contributed by atoms with Crippen LogP contribution in [0.3, 0.4) is 0 Å². The summed E-state index contributed by atoms with van der Waals surface area (Å²) in [7, 11) is 0. The molecule has 2 aromatic carbocycles. The number of fused-ring (bicyclic) bond motifs is 1. The molecule has 0 radical (unpaired) electrons. The van der Waals surface area contributed by atoms with Gasteiger partial charge in [0.25, 0.3) is 0 Å². The van der Waals surface area contributed by atoms with E-state index in [-0.39, 0.29) is 6.04 Å². The highest BCUT2D eigenvalue weighted by Crippen LogP contribution is 2.22. The first-order valence-corrected chi connectivity index (χ1v) is 7.32. The van der Waals surface area contributed by atoms with Crippen LogP contribution < -0.4 is 0 Å². The fourth-order valence-electron chi connectivity index (χ4n) is 1.98. The van der Waals surface area contributed by atoms with Gasteiger partial charge in [-0.05, 0) is 16.7 Å². The van der Waals surface area contributed by atoms with Crippen molar-refractivity contribution in [3.63, 3.8) is 0 Å². The van der Waals surface area contributed by atoms with E-state index in [1.54, 1.807) is 0 Å². The fourth-order valence-corrected chi connectivity index (χ4v) is 2.70. The van der Waals surface area contributed by atoms with Crippen LogP contribution in [0, 0.1) is 5.92 Å². The summed E-state index contributed by atoms with van der Waals surface area (Å²) in [4.78, 5) is 4.57. The molecule has 2 rings (SSSR count). The molecule has 0 N–H and O–H groups in total. The van der Waals surface area contributed by atoms with Gasteiger partial charge in [0, 0.05) is 11.4 Å². The zero-order valence-corrected chi connectivity index (χ0v) is 12.6. The molecule has 2 aromatic rings. The lowest BCUT2D eigenvalue weighted by atomic mass is 10.0. The van der Waals surface area contributed by atoms with E-state index in [1.807, 2.05) is 24.3 Å². The van der Waals surface area contributed by atoms with E-state index in [4.69, 9.17) is 23.2 Å². The monoisotopic (exact) mass is 293 g/mol. The molecule has 0 bridgehead atoms. The topological polar surface area (TPSA) is 12.4 Å². The maximum absolute atomic E-state index is 6.39. The van der Waals surface area contributed by atoms with Gasteiger partial charge < -0.3 is 0 Å². The van der Waals surface area contributed by atoms with Crippen LogP contribution in [0.4, 0.5) is 0 Å². The average molecular weight is 294 g/mol. The Labute approximate surface area is 124 Å². The summed E-state index contributed by atoms with van der Waals surface area (Å²) in [5.74, 6) is 0.861. The standard InChI is InChI=1S/C16H17Cl2N/c1-11(2)15(10-17)19-16(18)14-9-5-7-12-6-3-4-8-13(12)14/h3-9,11,15H,10H2,1-2H3/t15-/m1/s1. The first kappa shape index (κ1) is 14.4. The molecule has 3 heteroatoms. The second kappa shape index (κ2) is 6.40. The van der Waals surface area contributed by atoms with E-state index < -0.39 is 0 Å². The summed E-state index contributed by atoms with van der Waals surface area (Å²) < 4.78 is 0. The van der Waals surface area contributed by atoms with Crippen molar-refractivity contribution in [3.05, 3.63) is 48.0 Å². The first-order chi connectivity index (χ1) is 9.13. The molecule has 0 saturated heterocycles. The molecule has 0 fully saturated rings. The van der Waals surface area contributed by atoms with Gasteiger partial charge in [0.05, 0.1) is 6.04 Å². The van der Waals surface area contributed by atoms with Crippen molar-refractivity contribution in [3.8, 4) is 0 Å². The van der Waals surface area contributed by atoms with E-state index in [9.17, 15) is 0 Å². The van der Waals surface area contributed by atoms with Crippen LogP contribution in [0.25, 0.3) is 10.8 Å². The number of benzene rings is 2. The number of hydrogen-bond acceptors (Lipinski definition) is 1. The lowest BCUT2D eigenvalue weighted by Crippen LogP contribution is -2.16. The first-order valence-electron chi connectivity index (χ1n) is 6.41. The Morgan fingerprint density at radius 2 is 1.79 bits per heavy atom. The van der Waals surface area contributed by atoms with Crippen molar-refractivity contribution in [1.29, 1.82) is 0 Å². The van der Waals surface area contributed by atoms with E-state index in [0.29, 0.717) is 17.0 Å². The third-order valence-electron chi connectivity index (χ3n) is 3.22. The predicted molar refractivity (Wildman–Crippen MR) is 85.7 cm³/mol. The Balaban J connectivity index is 2.46. The third kappa shape index (κ3) is 3.29. The van der Waals surface area contributed by atoms with Gasteiger partial charge >= 0.3 is 0 Å². The molecular weight excluding hydrogens is 277 g/mol. The van der Waals surface area contributed by atoms with Gasteiger partial charge in [0.1, 0.15) is 5.17 Å². The highest BCUT2D eigenvalue weighted by molar-refractivity contribution is 6.70. The van der Waals surface area contributed by atoms with Gasteiger partial charge in [-0.3, -0.25) is 4.99 Å². The zero-order chi connectivity index (χ0) is 13.8. The van der Waals surface area contributed by atoms with Gasteiger partial charge in [0.15, 0.2) is 0 Å². The molecule has 0 aromatic heterocycles. The fraction of sp³-hybridized carbons (Fsp3) is 0.312. The van der Waals surface area contributed by atoms with Gasteiger partial charge in [-0.25, -0.2) is 0 Å². The maximum Gasteiger partial charge on any atom is 0.131 e. The lowest BCUT2D eigenvalue weighted by Gasteiger charge is -2.14. The minimum atomic E-state index is 0.0492. The Morgan fingerprint density at radius 3 is 2.47 bits per heavy atom. The molecule has 19 heavy (non-hydrogen) atoms. The van der Waals surface area contributed by atoms with Crippen molar-refractivity contribution in [2.24, 2.45) is 10.9 Å². The molecule has 0 unspecified atom stereocenters. The van der Waals surface area contributed by atoms with Gasteiger partial charge in [-0.2, -0.15) is 0 Å². The van der Waals surface area contributed by atoms with Crippen LogP contribution in [0.2, 0.25) is 0 Å². The van der Waals surface area contributed by atoms with Crippen molar-refractivity contribution in [2.75, 3.05) is 5.88 Å². The number of alkyl halides is 1. The molecule has 1 nitrogen and oxygen atoms in total. The third-order valence-corrected chi connectivity index (χ3v) is 3.84. The highest BCUT2D eigenvalue weighted by Gasteiger charge is 2.13. The Bertz CT molecular complexity index is 585. The number of hydrogen-bond donors (Lipinski definition) is 0. The summed E-state index contributed by atoms with van der Waals surface area (Å²) in [6.45, 7) is 4.20. The smallest absolute Gasteiger partial charge is 0.131 e. The molecule has 1 atom stereocenters. The van der Waals surface area contributed by atoms with Gasteiger partial charge in [-0.1, -0.05) is 67.9 Å². The van der Waals surface area contributed by atoms with Crippen LogP contribution >= 0.6 is 23.2 Å². The molecule has 0 saturated carbocycles. The molecule has 0 aliphatic carbocycles. The molecular formula is C16H17Cl2N. The Kier molecular flexibility index (Phi) is 4.84. The summed E-state index contributed by atoms with van der Waals surface area (Å²) >= 11 is 12.3. The van der Waals surface area contributed by atoms with Gasteiger partial charge in [-0.15, -0.1) is 11.6 Å². The summed E-state index contributed by atoms with van der Waals surface area (Å²) in [6.07, 6.45) is 0. The molecule has 0 spiro atoms. The van der Waals surface area contributed by atoms with Crippen LogP contribution in [0.5, 0.6) is 0 Å². The van der Waals surface area contributed by atoms with Crippen molar-refractivity contribution < 1.29 is 0 Å². The zero-order valence-electron chi connectivity index (χ0n) is 11.1. The van der Waals surface area contributed by atoms with Crippen molar-refractivity contribution >= 4 is 39.1 Å². The largest absolute Gasteiger partial charge is 0.268 e. The molecule has 100 valence electrons. The number of aliphatic imine (C=N–C) groups is 1. The predicted octanol–water partition coefficient (Wildman–Crippen LogP) is 5.09. The molecule has 0 amide bonds. The SMILES string of the molecule is CC(C)[C@@H](CCl)N=C(Cl)c1cccc2ccccc12. The van der Waals surface area contributed by atoms with Crippen molar-refractivity contribution in [1.82, 2.24) is 0 Å². The molecule has 0 aliphatic heterocycles. The Hall–Kier alpha value is -1.05. The van der Waals surface area contributed by atoms with Crippen molar-refractivity contribution in [2.45, 2.75) is 19.9 Å². The minimum Gasteiger partial charge on any atom is -0.268 e. The number of nitrogens with zero attached hydrogens (tertiary/aromatic N) is 1. The summed E-state index contributed by atoms with van der Waals surface area (Å²) in [5, 5.41) is 2.83. The number of halogens is 2. The summed E-state index contributed by atoms with van der Waals surface area (Å²) in [6, 6.07) is 14.3. The van der Waals surface area contributed by atoms with Crippen LogP contribution in [0.1, 0.15) is 19.4 Å². The number of rotatable bonds is 4. The van der Waals surface area contributed by atoms with Crippen LogP contribution in [-0.2, 0) is 0 Å². The van der Waals surface area contributed by atoms with Crippen LogP contribution in [-0.4, -0.2) is 17.1 Å². The van der Waals surface area contributed by atoms with Crippen LogP contribution in [0.15, 0.2) is 47.5 Å².